The SMILES string of the molecule is CCSCCC1C(N)=NC(=O)N1C. The molecule has 0 bridgehead atoms. The lowest BCUT2D eigenvalue weighted by Gasteiger charge is -2.18. The summed E-state index contributed by atoms with van der Waals surface area (Å²) in [4.78, 5) is 16.4. The van der Waals surface area contributed by atoms with Gasteiger partial charge in [-0.3, -0.25) is 0 Å². The second kappa shape index (κ2) is 4.50. The number of nitrogens with zero attached hydrogens (tertiary/aromatic N) is 2. The first-order valence-corrected chi connectivity index (χ1v) is 5.51. The minimum absolute atomic E-state index is 0.0200. The zero-order valence-electron chi connectivity index (χ0n) is 7.99. The number of carbonyl (C=O) groups is 1. The molecule has 1 heterocycles. The van der Waals surface area contributed by atoms with Crippen molar-refractivity contribution in [1.29, 1.82) is 0 Å². The van der Waals surface area contributed by atoms with Gasteiger partial charge < -0.3 is 10.6 Å². The van der Waals surface area contributed by atoms with Gasteiger partial charge in [0.2, 0.25) is 0 Å². The second-order valence-corrected chi connectivity index (χ2v) is 4.33. The molecule has 0 aromatic heterocycles. The fraction of sp³-hybridized carbons (Fsp3) is 0.750. The number of carbonyl (C=O) groups excluding carboxylic acids is 1. The minimum Gasteiger partial charge on any atom is -0.385 e. The van der Waals surface area contributed by atoms with Crippen molar-refractivity contribution in [3.63, 3.8) is 0 Å². The van der Waals surface area contributed by atoms with E-state index >= 15 is 0 Å². The molecule has 0 aliphatic carbocycles. The lowest BCUT2D eigenvalue weighted by molar-refractivity contribution is 0.218. The first-order valence-electron chi connectivity index (χ1n) is 4.35. The molecule has 4 nitrogen and oxygen atoms in total. The van der Waals surface area contributed by atoms with Gasteiger partial charge in [-0.2, -0.15) is 16.8 Å². The summed E-state index contributed by atoms with van der Waals surface area (Å²) in [5.41, 5.74) is 5.62. The lowest BCUT2D eigenvalue weighted by atomic mass is 10.2. The highest BCUT2D eigenvalue weighted by Gasteiger charge is 2.29. The van der Waals surface area contributed by atoms with Crippen molar-refractivity contribution in [2.45, 2.75) is 19.4 Å². The van der Waals surface area contributed by atoms with Gasteiger partial charge in [-0.15, -0.1) is 0 Å². The Morgan fingerprint density at radius 2 is 2.38 bits per heavy atom. The first-order chi connectivity index (χ1) is 6.16. The number of amides is 2. The van der Waals surface area contributed by atoms with Gasteiger partial charge in [-0.05, 0) is 17.9 Å². The summed E-state index contributed by atoms with van der Waals surface area (Å²) in [5.74, 6) is 2.58. The summed E-state index contributed by atoms with van der Waals surface area (Å²) in [6.07, 6.45) is 0.899. The van der Waals surface area contributed by atoms with Crippen LogP contribution in [-0.2, 0) is 0 Å². The van der Waals surface area contributed by atoms with E-state index in [1.807, 2.05) is 11.8 Å². The highest BCUT2D eigenvalue weighted by Crippen LogP contribution is 2.14. The fourth-order valence-corrected chi connectivity index (χ4v) is 1.95. The van der Waals surface area contributed by atoms with Crippen molar-refractivity contribution in [3.05, 3.63) is 0 Å². The normalized spacial score (nSPS) is 22.3. The van der Waals surface area contributed by atoms with Crippen LogP contribution < -0.4 is 5.73 Å². The molecule has 1 rings (SSSR count). The molecule has 2 amide bonds. The maximum atomic E-state index is 11.1. The minimum atomic E-state index is -0.219. The molecule has 5 heteroatoms. The van der Waals surface area contributed by atoms with Crippen molar-refractivity contribution >= 4 is 23.6 Å². The molecule has 0 aromatic rings. The smallest absolute Gasteiger partial charge is 0.345 e. The van der Waals surface area contributed by atoms with Gasteiger partial charge in [0.15, 0.2) is 0 Å². The Balaban J connectivity index is 2.41. The van der Waals surface area contributed by atoms with E-state index in [0.29, 0.717) is 5.84 Å². The Kier molecular flexibility index (Phi) is 3.59. The highest BCUT2D eigenvalue weighted by atomic mass is 32.2. The Bertz CT molecular complexity index is 229. The van der Waals surface area contributed by atoms with E-state index in [0.717, 1.165) is 17.9 Å². The molecule has 13 heavy (non-hydrogen) atoms. The number of amidine groups is 1. The van der Waals surface area contributed by atoms with Crippen LogP contribution in [0.1, 0.15) is 13.3 Å². The topological polar surface area (TPSA) is 58.7 Å². The van der Waals surface area contributed by atoms with Crippen molar-refractivity contribution in [3.8, 4) is 0 Å². The third-order valence-corrected chi connectivity index (χ3v) is 3.01. The van der Waals surface area contributed by atoms with Gasteiger partial charge in [0.05, 0.1) is 6.04 Å². The molecule has 1 aliphatic rings. The largest absolute Gasteiger partial charge is 0.385 e. The van der Waals surface area contributed by atoms with Gasteiger partial charge in [0.1, 0.15) is 5.84 Å². The standard InChI is InChI=1S/C8H15N3OS/c1-3-13-5-4-6-7(9)10-8(12)11(6)2/h6H,3-5H2,1-2H3,(H2,9,10,12). The molecule has 1 atom stereocenters. The van der Waals surface area contributed by atoms with Crippen molar-refractivity contribution in [1.82, 2.24) is 4.90 Å². The predicted octanol–water partition coefficient (Wildman–Crippen LogP) is 0.921. The average molecular weight is 201 g/mol. The summed E-state index contributed by atoms with van der Waals surface area (Å²) in [6, 6.07) is -0.199. The third-order valence-electron chi connectivity index (χ3n) is 2.08. The zero-order chi connectivity index (χ0) is 9.84. The quantitative estimate of drug-likeness (QED) is 0.688. The number of likely N-dealkylation sites (N-methyl/N-ethyl adjacent to an activating group) is 1. The van der Waals surface area contributed by atoms with Crippen molar-refractivity contribution < 1.29 is 4.79 Å². The number of thioether (sulfide) groups is 1. The average Bonchev–Trinajstić information content (AvgIpc) is 2.32. The van der Waals surface area contributed by atoms with Crippen molar-refractivity contribution in [2.24, 2.45) is 10.7 Å². The second-order valence-electron chi connectivity index (χ2n) is 2.93. The van der Waals surface area contributed by atoms with Gasteiger partial charge in [0.25, 0.3) is 0 Å². The van der Waals surface area contributed by atoms with E-state index in [4.69, 9.17) is 5.73 Å². The Morgan fingerprint density at radius 1 is 1.69 bits per heavy atom. The van der Waals surface area contributed by atoms with E-state index in [1.165, 1.54) is 0 Å². The molecule has 0 saturated carbocycles. The number of nitrogens with two attached hydrogens (primary N) is 1. The predicted molar refractivity (Wildman–Crippen MR) is 56.2 cm³/mol. The monoisotopic (exact) mass is 201 g/mol. The van der Waals surface area contributed by atoms with Crippen molar-refractivity contribution in [2.75, 3.05) is 18.6 Å². The summed E-state index contributed by atoms with van der Waals surface area (Å²) in [7, 11) is 1.74. The van der Waals surface area contributed by atoms with Crippen LogP contribution >= 0.6 is 11.8 Å². The van der Waals surface area contributed by atoms with Crippen LogP contribution in [-0.4, -0.2) is 41.4 Å². The molecule has 0 spiro atoms. The molecule has 0 radical (unpaired) electrons. The highest BCUT2D eigenvalue weighted by molar-refractivity contribution is 7.99. The van der Waals surface area contributed by atoms with Crippen LogP contribution in [0.4, 0.5) is 4.79 Å². The van der Waals surface area contributed by atoms with Gasteiger partial charge >= 0.3 is 6.03 Å². The molecular weight excluding hydrogens is 186 g/mol. The van der Waals surface area contributed by atoms with E-state index < -0.39 is 0 Å². The summed E-state index contributed by atoms with van der Waals surface area (Å²) in [5, 5.41) is 0. The van der Waals surface area contributed by atoms with E-state index in [1.54, 1.807) is 11.9 Å². The fourth-order valence-electron chi connectivity index (χ4n) is 1.28. The molecule has 2 N–H and O–H groups in total. The maximum Gasteiger partial charge on any atom is 0.345 e. The number of aliphatic imine (C=N–C) groups is 1. The number of urea groups is 1. The third kappa shape index (κ3) is 2.37. The molecule has 74 valence electrons. The molecule has 0 saturated heterocycles. The lowest BCUT2D eigenvalue weighted by Crippen LogP contribution is -2.38. The number of hydrogen-bond donors (Lipinski definition) is 1. The van der Waals surface area contributed by atoms with Crippen LogP contribution in [0.3, 0.4) is 0 Å². The number of hydrogen-bond acceptors (Lipinski definition) is 3. The van der Waals surface area contributed by atoms with E-state index in [-0.39, 0.29) is 12.1 Å². The molecule has 0 aromatic carbocycles. The van der Waals surface area contributed by atoms with Gasteiger partial charge in [0, 0.05) is 7.05 Å². The Morgan fingerprint density at radius 3 is 2.85 bits per heavy atom. The van der Waals surface area contributed by atoms with Crippen LogP contribution in [0, 0.1) is 0 Å². The summed E-state index contributed by atoms with van der Waals surface area (Å²) in [6.45, 7) is 2.12. The summed E-state index contributed by atoms with van der Waals surface area (Å²) < 4.78 is 0. The van der Waals surface area contributed by atoms with Gasteiger partial charge in [-0.25, -0.2) is 4.79 Å². The van der Waals surface area contributed by atoms with Crippen LogP contribution in [0.5, 0.6) is 0 Å². The maximum absolute atomic E-state index is 11.1. The molecule has 0 fully saturated rings. The number of rotatable bonds is 4. The van der Waals surface area contributed by atoms with Crippen LogP contribution in [0.25, 0.3) is 0 Å². The van der Waals surface area contributed by atoms with Crippen LogP contribution in [0.15, 0.2) is 4.99 Å². The molecule has 1 aliphatic heterocycles. The summed E-state index contributed by atoms with van der Waals surface area (Å²) >= 11 is 1.85. The van der Waals surface area contributed by atoms with Crippen LogP contribution in [0.2, 0.25) is 0 Å². The molecular formula is C8H15N3OS. The Labute approximate surface area is 82.6 Å². The Hall–Kier alpha value is -0.710. The van der Waals surface area contributed by atoms with Gasteiger partial charge in [-0.1, -0.05) is 6.92 Å². The first kappa shape index (κ1) is 10.4. The zero-order valence-corrected chi connectivity index (χ0v) is 8.80. The molecule has 1 unspecified atom stereocenters. The van der Waals surface area contributed by atoms with E-state index in [9.17, 15) is 4.79 Å². The van der Waals surface area contributed by atoms with E-state index in [2.05, 4.69) is 11.9 Å².